The highest BCUT2D eigenvalue weighted by molar-refractivity contribution is 5.84. The number of unbranched alkanes of at least 4 members (excludes halogenated alkanes) is 24. The van der Waals surface area contributed by atoms with Gasteiger partial charge in [0.2, 0.25) is 0 Å². The lowest BCUT2D eigenvalue weighted by Crippen LogP contribution is -2.30. The zero-order chi connectivity index (χ0) is 38.2. The molecular formula is C43H80O8. The molecular weight excluding hydrogens is 644 g/mol. The first-order chi connectivity index (χ1) is 24.7. The predicted octanol–water partition coefficient (Wildman–Crippen LogP) is 12.4. The molecule has 0 aromatic rings. The summed E-state index contributed by atoms with van der Waals surface area (Å²) in [6.07, 6.45) is 32.3. The summed E-state index contributed by atoms with van der Waals surface area (Å²) in [6.45, 7) is 11.2. The van der Waals surface area contributed by atoms with E-state index in [2.05, 4.69) is 27.4 Å². The molecule has 0 unspecified atom stereocenters. The molecule has 0 saturated carbocycles. The Morgan fingerprint density at radius 1 is 0.451 bits per heavy atom. The lowest BCUT2D eigenvalue weighted by atomic mass is 10.1. The maximum Gasteiger partial charge on any atom is 0.330 e. The van der Waals surface area contributed by atoms with Gasteiger partial charge in [0.1, 0.15) is 13.2 Å². The van der Waals surface area contributed by atoms with E-state index in [1.807, 2.05) is 0 Å². The van der Waals surface area contributed by atoms with Crippen LogP contribution in [0.2, 0.25) is 0 Å². The Morgan fingerprint density at radius 2 is 0.686 bits per heavy atom. The van der Waals surface area contributed by atoms with Crippen molar-refractivity contribution in [3.63, 3.8) is 0 Å². The molecule has 0 amide bonds. The van der Waals surface area contributed by atoms with Gasteiger partial charge in [-0.25, -0.2) is 4.79 Å². The van der Waals surface area contributed by atoms with Crippen LogP contribution in [0, 0.1) is 0 Å². The molecule has 0 aliphatic rings. The topological polar surface area (TPSA) is 116 Å². The fourth-order valence-electron chi connectivity index (χ4n) is 5.62. The maximum absolute atomic E-state index is 12.6. The van der Waals surface area contributed by atoms with E-state index in [-0.39, 0.29) is 36.7 Å². The molecule has 8 nitrogen and oxygen atoms in total. The minimum atomic E-state index is -0.935. The molecule has 0 spiro atoms. The highest BCUT2D eigenvalue weighted by Crippen LogP contribution is 2.14. The van der Waals surface area contributed by atoms with Crippen LogP contribution >= 0.6 is 0 Å². The Morgan fingerprint density at radius 3 is 0.941 bits per heavy atom. The highest BCUT2D eigenvalue weighted by atomic mass is 16.6. The molecule has 0 aromatic heterocycles. The van der Waals surface area contributed by atoms with Crippen LogP contribution < -0.4 is 0 Å². The van der Waals surface area contributed by atoms with Crippen LogP contribution in [-0.4, -0.2) is 48.3 Å². The van der Waals surface area contributed by atoms with E-state index >= 15 is 0 Å². The fraction of sp³-hybridized carbons (Fsp3) is 0.860. The summed E-state index contributed by atoms with van der Waals surface area (Å²) < 4.78 is 16.5. The lowest BCUT2D eigenvalue weighted by Gasteiger charge is -2.18. The van der Waals surface area contributed by atoms with E-state index < -0.39 is 12.1 Å². The first kappa shape index (κ1) is 50.7. The van der Waals surface area contributed by atoms with Crippen molar-refractivity contribution in [2.45, 2.75) is 226 Å². The van der Waals surface area contributed by atoms with Crippen LogP contribution in [-0.2, 0) is 33.4 Å². The highest BCUT2D eigenvalue weighted by Gasteiger charge is 2.19. The molecule has 0 aliphatic heterocycles. The van der Waals surface area contributed by atoms with Gasteiger partial charge in [0.15, 0.2) is 6.10 Å². The van der Waals surface area contributed by atoms with Gasteiger partial charge < -0.3 is 19.3 Å². The van der Waals surface area contributed by atoms with Crippen molar-refractivity contribution in [2.24, 2.45) is 0 Å². The molecule has 0 aliphatic carbocycles. The van der Waals surface area contributed by atoms with Crippen molar-refractivity contribution in [1.82, 2.24) is 0 Å². The monoisotopic (exact) mass is 725 g/mol. The molecule has 0 rings (SSSR count). The second kappa shape index (κ2) is 40.4. The van der Waals surface area contributed by atoms with Gasteiger partial charge in [0.05, 0.1) is 0 Å². The van der Waals surface area contributed by atoms with E-state index in [1.54, 1.807) is 0 Å². The Kier molecular flexibility index (Phi) is 40.2. The molecule has 51 heavy (non-hydrogen) atoms. The summed E-state index contributed by atoms with van der Waals surface area (Å²) in [5, 5.41) is 7.89. The van der Waals surface area contributed by atoms with Crippen LogP contribution in [0.25, 0.3) is 0 Å². The second-order valence-corrected chi connectivity index (χ2v) is 14.3. The molecule has 300 valence electrons. The fourth-order valence-corrected chi connectivity index (χ4v) is 5.62. The van der Waals surface area contributed by atoms with Crippen LogP contribution in [0.1, 0.15) is 220 Å². The quantitative estimate of drug-likeness (QED) is 0.0294. The Hall–Kier alpha value is -2.38. The number of rotatable bonds is 36. The maximum atomic E-state index is 12.6. The first-order valence-electron chi connectivity index (χ1n) is 21.1. The van der Waals surface area contributed by atoms with Crippen molar-refractivity contribution < 1.29 is 38.5 Å². The molecule has 0 saturated heterocycles. The minimum absolute atomic E-state index is 0.0644. The van der Waals surface area contributed by atoms with Gasteiger partial charge in [-0.2, -0.15) is 0 Å². The number of esters is 3. The average molecular weight is 725 g/mol. The summed E-state index contributed by atoms with van der Waals surface area (Å²) >= 11 is 0. The summed E-state index contributed by atoms with van der Waals surface area (Å²) in [7, 11) is 0. The van der Waals surface area contributed by atoms with E-state index in [9.17, 15) is 19.2 Å². The Labute approximate surface area is 313 Å². The summed E-state index contributed by atoms with van der Waals surface area (Å²) in [5.41, 5.74) is 0.176. The number of carboxylic acids is 1. The average Bonchev–Trinajstić information content (AvgIpc) is 3.10. The second-order valence-electron chi connectivity index (χ2n) is 14.3. The smallest absolute Gasteiger partial charge is 0.330 e. The number of carbonyl (C=O) groups excluding carboxylic acids is 3. The Balaban J connectivity index is 0. The van der Waals surface area contributed by atoms with E-state index in [0.29, 0.717) is 19.3 Å². The van der Waals surface area contributed by atoms with Crippen LogP contribution in [0.15, 0.2) is 12.2 Å². The van der Waals surface area contributed by atoms with Crippen molar-refractivity contribution in [2.75, 3.05) is 13.2 Å². The molecule has 0 fully saturated rings. The molecule has 0 atom stereocenters. The van der Waals surface area contributed by atoms with Crippen molar-refractivity contribution in [3.8, 4) is 0 Å². The van der Waals surface area contributed by atoms with E-state index in [1.165, 1.54) is 122 Å². The number of ether oxygens (including phenoxy) is 3. The molecule has 0 heterocycles. The number of hydrogen-bond donors (Lipinski definition) is 1. The summed E-state index contributed by atoms with van der Waals surface area (Å²) in [5.74, 6) is -1.80. The summed E-state index contributed by atoms with van der Waals surface area (Å²) in [6, 6.07) is 0. The van der Waals surface area contributed by atoms with Crippen LogP contribution in [0.3, 0.4) is 0 Å². The number of carbonyl (C=O) groups is 4. The van der Waals surface area contributed by atoms with Gasteiger partial charge in [-0.15, -0.1) is 0 Å². The van der Waals surface area contributed by atoms with Crippen molar-refractivity contribution in [1.29, 1.82) is 0 Å². The standard InChI is InChI=1S/C39H74O6.C4H6O2/c1-4-7-10-13-16-19-22-25-28-31-37(40)43-34-36(45-39(42)33-30-27-24-21-18-15-12-9-6-3)35-44-38(41)32-29-26-23-20-17-14-11-8-5-2;1-3(2)4(5)6/h36H,4-35H2,1-3H3;1H2,2H3,(H,5,6). The van der Waals surface area contributed by atoms with Crippen molar-refractivity contribution in [3.05, 3.63) is 12.2 Å². The minimum Gasteiger partial charge on any atom is -0.478 e. The lowest BCUT2D eigenvalue weighted by molar-refractivity contribution is -0.167. The number of hydrogen-bond acceptors (Lipinski definition) is 7. The molecule has 0 radical (unpaired) electrons. The van der Waals surface area contributed by atoms with Gasteiger partial charge in [-0.1, -0.05) is 181 Å². The number of carboxylic acid groups (broad SMARTS) is 1. The van der Waals surface area contributed by atoms with Gasteiger partial charge in [0, 0.05) is 24.8 Å². The molecule has 1 N–H and O–H groups in total. The molecule has 0 aromatic carbocycles. The predicted molar refractivity (Wildman–Crippen MR) is 210 cm³/mol. The first-order valence-corrected chi connectivity index (χ1v) is 21.1. The third-order valence-electron chi connectivity index (χ3n) is 8.98. The third kappa shape index (κ3) is 41.9. The molecule has 0 bridgehead atoms. The van der Waals surface area contributed by atoms with E-state index in [4.69, 9.17) is 19.3 Å². The van der Waals surface area contributed by atoms with Gasteiger partial charge in [-0.05, 0) is 26.2 Å². The van der Waals surface area contributed by atoms with Crippen LogP contribution in [0.5, 0.6) is 0 Å². The van der Waals surface area contributed by atoms with Gasteiger partial charge in [0.25, 0.3) is 0 Å². The SMILES string of the molecule is C=C(C)C(=O)O.CCCCCCCCCCCC(=O)OCC(COC(=O)CCCCCCCCCCC)OC(=O)CCCCCCCCCCC. The Bertz CT molecular complexity index is 790. The van der Waals surface area contributed by atoms with Gasteiger partial charge in [-0.3, -0.25) is 14.4 Å². The van der Waals surface area contributed by atoms with E-state index in [0.717, 1.165) is 57.8 Å². The van der Waals surface area contributed by atoms with Gasteiger partial charge >= 0.3 is 23.9 Å². The number of aliphatic carboxylic acids is 1. The normalized spacial score (nSPS) is 10.8. The zero-order valence-electron chi connectivity index (χ0n) is 33.7. The molecule has 8 heteroatoms. The van der Waals surface area contributed by atoms with Crippen LogP contribution in [0.4, 0.5) is 0 Å². The summed E-state index contributed by atoms with van der Waals surface area (Å²) in [4.78, 5) is 46.9. The third-order valence-corrected chi connectivity index (χ3v) is 8.98. The van der Waals surface area contributed by atoms with Crippen molar-refractivity contribution >= 4 is 23.9 Å². The zero-order valence-corrected chi connectivity index (χ0v) is 33.7. The largest absolute Gasteiger partial charge is 0.478 e.